The summed E-state index contributed by atoms with van der Waals surface area (Å²) in [6.45, 7) is 5.45. The maximum absolute atomic E-state index is 12.3. The Morgan fingerprint density at radius 2 is 1.79 bits per heavy atom. The first-order valence-corrected chi connectivity index (χ1v) is 10.5. The molecule has 1 aromatic carbocycles. The van der Waals surface area contributed by atoms with E-state index in [1.54, 1.807) is 31.2 Å². The highest BCUT2D eigenvalue weighted by atomic mass is 32.2. The van der Waals surface area contributed by atoms with Crippen molar-refractivity contribution in [1.29, 1.82) is 0 Å². The summed E-state index contributed by atoms with van der Waals surface area (Å²) in [7, 11) is -2.59. The van der Waals surface area contributed by atoms with Crippen molar-refractivity contribution >= 4 is 22.0 Å². The Kier molecular flexibility index (Phi) is 9.06. The Labute approximate surface area is 171 Å². The second-order valence-electron chi connectivity index (χ2n) is 7.22. The van der Waals surface area contributed by atoms with Crippen LogP contribution in [0.2, 0.25) is 0 Å². The van der Waals surface area contributed by atoms with Crippen LogP contribution in [0.5, 0.6) is 5.75 Å². The van der Waals surface area contributed by atoms with Gasteiger partial charge in [0.15, 0.2) is 11.5 Å². The highest BCUT2D eigenvalue weighted by molar-refractivity contribution is 7.87. The van der Waals surface area contributed by atoms with Crippen molar-refractivity contribution in [2.75, 3.05) is 13.7 Å². The molecule has 10 heteroatoms. The molecule has 0 saturated heterocycles. The quantitative estimate of drug-likeness (QED) is 0.480. The van der Waals surface area contributed by atoms with E-state index in [1.165, 1.54) is 27.9 Å². The lowest BCUT2D eigenvalue weighted by atomic mass is 9.87. The van der Waals surface area contributed by atoms with E-state index in [1.807, 2.05) is 0 Å². The van der Waals surface area contributed by atoms with Crippen LogP contribution in [0.4, 0.5) is 0 Å². The van der Waals surface area contributed by atoms with Crippen LogP contribution in [0.1, 0.15) is 39.7 Å². The van der Waals surface area contributed by atoms with Crippen LogP contribution < -0.4 is 10.1 Å². The Bertz CT molecular complexity index is 789. The van der Waals surface area contributed by atoms with Gasteiger partial charge in [0.2, 0.25) is 5.91 Å². The molecule has 0 spiro atoms. The van der Waals surface area contributed by atoms with Crippen molar-refractivity contribution in [2.24, 2.45) is 5.41 Å². The fourth-order valence-corrected chi connectivity index (χ4v) is 3.88. The fraction of sp³-hybridized carbons (Fsp3) is 0.579. The highest BCUT2D eigenvalue weighted by Gasteiger charge is 2.39. The van der Waals surface area contributed by atoms with E-state index in [0.717, 1.165) is 5.56 Å². The van der Waals surface area contributed by atoms with Gasteiger partial charge in [-0.05, 0) is 24.1 Å². The Hall–Kier alpha value is -2.17. The van der Waals surface area contributed by atoms with Gasteiger partial charge in [0.05, 0.1) is 20.3 Å². The Morgan fingerprint density at radius 3 is 2.24 bits per heavy atom. The van der Waals surface area contributed by atoms with Crippen LogP contribution in [-0.2, 0) is 35.2 Å². The maximum atomic E-state index is 12.3. The standard InChI is InChI=1S/C19H29NO8S/c1-6-16(20-13(2)21)29(24,25)28-12-19(3,4)17(18(22)23)27-11-14-7-9-15(26-5)10-8-14/h7-10,16-17H,6,11-12H2,1-5H3,(H,20,21)(H,22,23)/t16?,17-/m0/s1. The average Bonchev–Trinajstić information content (AvgIpc) is 2.64. The molecule has 1 unspecified atom stereocenters. The molecule has 2 N–H and O–H groups in total. The SMILES string of the molecule is CCC(NC(C)=O)S(=O)(=O)OCC(C)(C)[C@@H](OCc1ccc(OC)cc1)C(=O)O. The van der Waals surface area contributed by atoms with Crippen LogP contribution in [0.25, 0.3) is 0 Å². The number of carboxylic acids is 1. The molecule has 9 nitrogen and oxygen atoms in total. The molecule has 0 aliphatic carbocycles. The number of methoxy groups -OCH3 is 1. The van der Waals surface area contributed by atoms with Gasteiger partial charge in [-0.1, -0.05) is 32.9 Å². The molecule has 164 valence electrons. The van der Waals surface area contributed by atoms with Crippen LogP contribution in [0.3, 0.4) is 0 Å². The van der Waals surface area contributed by atoms with Crippen LogP contribution in [-0.4, -0.2) is 50.6 Å². The number of amides is 1. The lowest BCUT2D eigenvalue weighted by molar-refractivity contribution is -0.162. The Balaban J connectivity index is 2.82. The van der Waals surface area contributed by atoms with E-state index < -0.39 is 45.5 Å². The highest BCUT2D eigenvalue weighted by Crippen LogP contribution is 2.27. The van der Waals surface area contributed by atoms with Gasteiger partial charge in [-0.2, -0.15) is 8.42 Å². The molecule has 0 bridgehead atoms. The van der Waals surface area contributed by atoms with Crippen molar-refractivity contribution in [2.45, 2.75) is 52.2 Å². The normalized spacial score (nSPS) is 14.1. The van der Waals surface area contributed by atoms with Gasteiger partial charge in [-0.3, -0.25) is 8.98 Å². The molecule has 1 amide bonds. The van der Waals surface area contributed by atoms with Crippen molar-refractivity contribution in [3.63, 3.8) is 0 Å². The van der Waals surface area contributed by atoms with Gasteiger partial charge in [-0.15, -0.1) is 0 Å². The fourth-order valence-electron chi connectivity index (χ4n) is 2.53. The van der Waals surface area contributed by atoms with Gasteiger partial charge >= 0.3 is 5.97 Å². The second kappa shape index (κ2) is 10.6. The van der Waals surface area contributed by atoms with Crippen LogP contribution in [0, 0.1) is 5.41 Å². The minimum absolute atomic E-state index is 0.0145. The molecule has 0 heterocycles. The number of carbonyl (C=O) groups is 2. The van der Waals surface area contributed by atoms with Crippen molar-refractivity contribution in [1.82, 2.24) is 5.32 Å². The molecule has 0 saturated carbocycles. The molecule has 0 fully saturated rings. The predicted molar refractivity (Wildman–Crippen MR) is 106 cm³/mol. The van der Waals surface area contributed by atoms with E-state index in [4.69, 9.17) is 13.7 Å². The number of carboxylic acid groups (broad SMARTS) is 1. The zero-order valence-corrected chi connectivity index (χ0v) is 18.1. The van der Waals surface area contributed by atoms with E-state index >= 15 is 0 Å². The van der Waals surface area contributed by atoms with Gasteiger partial charge in [0.25, 0.3) is 10.1 Å². The number of nitrogens with one attached hydrogen (secondary N) is 1. The number of ether oxygens (including phenoxy) is 2. The smallest absolute Gasteiger partial charge is 0.333 e. The molecule has 29 heavy (non-hydrogen) atoms. The minimum atomic E-state index is -4.13. The topological polar surface area (TPSA) is 128 Å². The number of carbonyl (C=O) groups excluding carboxylic acids is 1. The summed E-state index contributed by atoms with van der Waals surface area (Å²) in [6.07, 6.45) is -1.21. The third-order valence-corrected chi connectivity index (χ3v) is 5.78. The third-order valence-electron chi connectivity index (χ3n) is 4.19. The van der Waals surface area contributed by atoms with Crippen molar-refractivity contribution < 1.29 is 36.8 Å². The first-order chi connectivity index (χ1) is 13.4. The summed E-state index contributed by atoms with van der Waals surface area (Å²) in [5.41, 5.74) is -0.432. The van der Waals surface area contributed by atoms with E-state index in [-0.39, 0.29) is 13.0 Å². The average molecular weight is 432 g/mol. The predicted octanol–water partition coefficient (Wildman–Crippen LogP) is 1.91. The largest absolute Gasteiger partial charge is 0.497 e. The van der Waals surface area contributed by atoms with Gasteiger partial charge in [0.1, 0.15) is 5.75 Å². The summed E-state index contributed by atoms with van der Waals surface area (Å²) in [5, 5.41) is 10.7. The summed E-state index contributed by atoms with van der Waals surface area (Å²) in [4.78, 5) is 22.9. The molecule has 1 rings (SSSR count). The number of hydrogen-bond acceptors (Lipinski definition) is 7. The monoisotopic (exact) mass is 431 g/mol. The molecule has 2 atom stereocenters. The van der Waals surface area contributed by atoms with Gasteiger partial charge < -0.3 is 19.9 Å². The van der Waals surface area contributed by atoms with Crippen molar-refractivity contribution in [3.05, 3.63) is 29.8 Å². The van der Waals surface area contributed by atoms with Gasteiger partial charge in [-0.25, -0.2) is 4.79 Å². The third kappa shape index (κ3) is 7.64. The lowest BCUT2D eigenvalue weighted by Crippen LogP contribution is -2.45. The molecule has 0 aromatic heterocycles. The van der Waals surface area contributed by atoms with Crippen molar-refractivity contribution in [3.8, 4) is 5.75 Å². The molecule has 0 radical (unpaired) electrons. The second-order valence-corrected chi connectivity index (χ2v) is 9.01. The zero-order chi connectivity index (χ0) is 22.2. The number of benzene rings is 1. The minimum Gasteiger partial charge on any atom is -0.497 e. The number of aliphatic carboxylic acids is 1. The molecule has 1 aromatic rings. The zero-order valence-electron chi connectivity index (χ0n) is 17.3. The molecular formula is C19H29NO8S. The van der Waals surface area contributed by atoms with E-state index in [2.05, 4.69) is 5.32 Å². The Morgan fingerprint density at radius 1 is 1.21 bits per heavy atom. The summed E-state index contributed by atoms with van der Waals surface area (Å²) in [6, 6.07) is 6.93. The maximum Gasteiger partial charge on any atom is 0.333 e. The number of hydrogen-bond donors (Lipinski definition) is 2. The van der Waals surface area contributed by atoms with Gasteiger partial charge in [0, 0.05) is 12.3 Å². The summed E-state index contributed by atoms with van der Waals surface area (Å²) >= 11 is 0. The molecule has 0 aliphatic rings. The van der Waals surface area contributed by atoms with E-state index in [9.17, 15) is 23.1 Å². The van der Waals surface area contributed by atoms with E-state index in [0.29, 0.717) is 5.75 Å². The summed E-state index contributed by atoms with van der Waals surface area (Å²) < 4.78 is 40.4. The molecule has 0 aliphatic heterocycles. The van der Waals surface area contributed by atoms with Crippen LogP contribution >= 0.6 is 0 Å². The first-order valence-electron chi connectivity index (χ1n) is 9.05. The first kappa shape index (κ1) is 24.9. The molecular weight excluding hydrogens is 402 g/mol. The summed E-state index contributed by atoms with van der Waals surface area (Å²) in [5.74, 6) is -1.08. The lowest BCUT2D eigenvalue weighted by Gasteiger charge is -2.31. The number of rotatable bonds is 12. The van der Waals surface area contributed by atoms with Crippen LogP contribution in [0.15, 0.2) is 24.3 Å².